The number of halogens is 2. The molecule has 0 saturated heterocycles. The first-order valence-corrected chi connectivity index (χ1v) is 8.69. The van der Waals surface area contributed by atoms with Crippen molar-refractivity contribution in [2.24, 2.45) is 0 Å². The maximum Gasteiger partial charge on any atom is 0.225 e. The Labute approximate surface area is 161 Å². The van der Waals surface area contributed by atoms with Gasteiger partial charge in [0, 0.05) is 35.8 Å². The molecule has 0 radical (unpaired) electrons. The van der Waals surface area contributed by atoms with E-state index in [1.54, 1.807) is 24.5 Å². The monoisotopic (exact) mass is 389 g/mol. The standard InChI is InChI=1S/C18H17Cl2N5O/c1-11(10-26)22-18-24-16(12-4-6-21-7-5-12)9-17(25-18)23-13-2-3-14(19)15(20)8-13/h2-9,11,26H,10H2,1H3,(H2,22,23,24,25)/t11-/m1/s1. The van der Waals surface area contributed by atoms with Crippen molar-refractivity contribution in [3.8, 4) is 11.3 Å². The van der Waals surface area contributed by atoms with Crippen LogP contribution in [0.4, 0.5) is 17.5 Å². The third kappa shape index (κ3) is 4.60. The molecule has 3 aromatic rings. The smallest absolute Gasteiger partial charge is 0.225 e. The summed E-state index contributed by atoms with van der Waals surface area (Å²) in [7, 11) is 0. The Morgan fingerprint density at radius 3 is 2.50 bits per heavy atom. The van der Waals surface area contributed by atoms with Gasteiger partial charge in [-0.1, -0.05) is 23.2 Å². The molecule has 1 atom stereocenters. The van der Waals surface area contributed by atoms with Gasteiger partial charge in [-0.3, -0.25) is 4.98 Å². The van der Waals surface area contributed by atoms with Crippen LogP contribution in [0.5, 0.6) is 0 Å². The molecule has 0 fully saturated rings. The minimum absolute atomic E-state index is 0.0294. The lowest BCUT2D eigenvalue weighted by atomic mass is 10.2. The molecule has 134 valence electrons. The zero-order valence-corrected chi connectivity index (χ0v) is 15.5. The van der Waals surface area contributed by atoms with Crippen molar-refractivity contribution in [3.63, 3.8) is 0 Å². The van der Waals surface area contributed by atoms with E-state index in [0.717, 1.165) is 16.9 Å². The molecule has 0 unspecified atom stereocenters. The molecule has 0 aliphatic carbocycles. The summed E-state index contributed by atoms with van der Waals surface area (Å²) in [5, 5.41) is 16.5. The molecule has 6 nitrogen and oxygen atoms in total. The lowest BCUT2D eigenvalue weighted by Crippen LogP contribution is -2.21. The molecule has 8 heteroatoms. The average Bonchev–Trinajstić information content (AvgIpc) is 2.65. The highest BCUT2D eigenvalue weighted by atomic mass is 35.5. The number of pyridine rings is 1. The van der Waals surface area contributed by atoms with Crippen LogP contribution in [0.3, 0.4) is 0 Å². The Hall–Kier alpha value is -2.41. The fourth-order valence-corrected chi connectivity index (χ4v) is 2.53. The summed E-state index contributed by atoms with van der Waals surface area (Å²) in [5.41, 5.74) is 2.37. The number of aliphatic hydroxyl groups excluding tert-OH is 1. The minimum atomic E-state index is -0.180. The van der Waals surface area contributed by atoms with Crippen LogP contribution in [0.1, 0.15) is 6.92 Å². The van der Waals surface area contributed by atoms with Crippen molar-refractivity contribution < 1.29 is 5.11 Å². The van der Waals surface area contributed by atoms with Crippen molar-refractivity contribution in [1.29, 1.82) is 0 Å². The topological polar surface area (TPSA) is 83.0 Å². The van der Waals surface area contributed by atoms with Crippen molar-refractivity contribution in [2.45, 2.75) is 13.0 Å². The Kier molecular flexibility index (Phi) is 5.88. The largest absolute Gasteiger partial charge is 0.394 e. The van der Waals surface area contributed by atoms with Gasteiger partial charge in [-0.2, -0.15) is 4.98 Å². The van der Waals surface area contributed by atoms with Crippen LogP contribution in [0, 0.1) is 0 Å². The number of nitrogens with zero attached hydrogens (tertiary/aromatic N) is 3. The van der Waals surface area contributed by atoms with Crippen molar-refractivity contribution >= 4 is 40.7 Å². The lowest BCUT2D eigenvalue weighted by molar-refractivity contribution is 0.281. The van der Waals surface area contributed by atoms with E-state index in [4.69, 9.17) is 23.2 Å². The summed E-state index contributed by atoms with van der Waals surface area (Å²) in [6.45, 7) is 1.81. The number of aliphatic hydroxyl groups is 1. The fourth-order valence-electron chi connectivity index (χ4n) is 2.23. The molecule has 1 aromatic carbocycles. The molecule has 0 aliphatic heterocycles. The molecule has 2 aromatic heterocycles. The summed E-state index contributed by atoms with van der Waals surface area (Å²) in [6.07, 6.45) is 3.40. The third-order valence-electron chi connectivity index (χ3n) is 3.54. The molecule has 2 heterocycles. The Morgan fingerprint density at radius 1 is 1.04 bits per heavy atom. The maximum absolute atomic E-state index is 9.27. The molecular formula is C18H17Cl2N5O. The molecule has 3 rings (SSSR count). The van der Waals surface area contributed by atoms with Crippen molar-refractivity contribution in [2.75, 3.05) is 17.2 Å². The average molecular weight is 390 g/mol. The van der Waals surface area contributed by atoms with Crippen LogP contribution in [-0.2, 0) is 0 Å². The van der Waals surface area contributed by atoms with Crippen molar-refractivity contribution in [1.82, 2.24) is 15.0 Å². The normalized spacial score (nSPS) is 11.8. The Morgan fingerprint density at radius 2 is 1.81 bits per heavy atom. The second kappa shape index (κ2) is 8.31. The van der Waals surface area contributed by atoms with Gasteiger partial charge in [-0.05, 0) is 37.3 Å². The van der Waals surface area contributed by atoms with Gasteiger partial charge in [0.1, 0.15) is 5.82 Å². The zero-order valence-electron chi connectivity index (χ0n) is 13.9. The van der Waals surface area contributed by atoms with E-state index in [2.05, 4.69) is 25.6 Å². The van der Waals surface area contributed by atoms with Crippen LogP contribution in [0.25, 0.3) is 11.3 Å². The highest BCUT2D eigenvalue weighted by Crippen LogP contribution is 2.28. The van der Waals surface area contributed by atoms with Gasteiger partial charge < -0.3 is 15.7 Å². The van der Waals surface area contributed by atoms with Gasteiger partial charge >= 0.3 is 0 Å². The lowest BCUT2D eigenvalue weighted by Gasteiger charge is -2.14. The van der Waals surface area contributed by atoms with Gasteiger partial charge in [0.15, 0.2) is 0 Å². The van der Waals surface area contributed by atoms with Crippen LogP contribution in [-0.4, -0.2) is 32.7 Å². The number of nitrogens with one attached hydrogen (secondary N) is 2. The Balaban J connectivity index is 1.97. The number of aromatic nitrogens is 3. The van der Waals surface area contributed by atoms with E-state index in [1.165, 1.54) is 0 Å². The van der Waals surface area contributed by atoms with Gasteiger partial charge in [0.25, 0.3) is 0 Å². The van der Waals surface area contributed by atoms with E-state index >= 15 is 0 Å². The second-order valence-corrected chi connectivity index (χ2v) is 6.49. The number of hydrogen-bond acceptors (Lipinski definition) is 6. The first kappa shape index (κ1) is 18.4. The molecular weight excluding hydrogens is 373 g/mol. The Bertz CT molecular complexity index is 892. The van der Waals surface area contributed by atoms with Crippen LogP contribution in [0.15, 0.2) is 48.8 Å². The van der Waals surface area contributed by atoms with Gasteiger partial charge in [0.05, 0.1) is 22.3 Å². The van der Waals surface area contributed by atoms with E-state index < -0.39 is 0 Å². The summed E-state index contributed by atoms with van der Waals surface area (Å²) < 4.78 is 0. The van der Waals surface area contributed by atoms with E-state index in [9.17, 15) is 5.11 Å². The van der Waals surface area contributed by atoms with E-state index in [-0.39, 0.29) is 12.6 Å². The predicted molar refractivity (Wildman–Crippen MR) is 105 cm³/mol. The highest BCUT2D eigenvalue weighted by molar-refractivity contribution is 6.42. The van der Waals surface area contributed by atoms with Gasteiger partial charge in [-0.25, -0.2) is 4.98 Å². The van der Waals surface area contributed by atoms with Gasteiger partial charge in [-0.15, -0.1) is 0 Å². The number of hydrogen-bond donors (Lipinski definition) is 3. The number of anilines is 3. The summed E-state index contributed by atoms with van der Waals surface area (Å²) >= 11 is 12.0. The van der Waals surface area contributed by atoms with E-state index in [0.29, 0.717) is 21.8 Å². The number of benzene rings is 1. The molecule has 3 N–H and O–H groups in total. The summed E-state index contributed by atoms with van der Waals surface area (Å²) in [4.78, 5) is 13.0. The summed E-state index contributed by atoms with van der Waals surface area (Å²) in [5.74, 6) is 0.987. The van der Waals surface area contributed by atoms with Crippen LogP contribution >= 0.6 is 23.2 Å². The number of rotatable bonds is 6. The molecule has 0 bridgehead atoms. The second-order valence-electron chi connectivity index (χ2n) is 5.68. The summed E-state index contributed by atoms with van der Waals surface area (Å²) in [6, 6.07) is 10.6. The van der Waals surface area contributed by atoms with Crippen LogP contribution < -0.4 is 10.6 Å². The minimum Gasteiger partial charge on any atom is -0.394 e. The molecule has 0 aliphatic rings. The SMILES string of the molecule is C[C@H](CO)Nc1nc(Nc2ccc(Cl)c(Cl)c2)cc(-c2ccncc2)n1. The predicted octanol–water partition coefficient (Wildman–Crippen LogP) is 4.38. The van der Waals surface area contributed by atoms with E-state index in [1.807, 2.05) is 31.2 Å². The molecule has 0 amide bonds. The highest BCUT2D eigenvalue weighted by Gasteiger charge is 2.10. The van der Waals surface area contributed by atoms with Crippen molar-refractivity contribution in [3.05, 3.63) is 58.8 Å². The zero-order chi connectivity index (χ0) is 18.5. The van der Waals surface area contributed by atoms with Gasteiger partial charge in [0.2, 0.25) is 5.95 Å². The molecule has 0 saturated carbocycles. The molecule has 0 spiro atoms. The fraction of sp³-hybridized carbons (Fsp3) is 0.167. The third-order valence-corrected chi connectivity index (χ3v) is 4.28. The first-order chi connectivity index (χ1) is 12.5. The molecule has 26 heavy (non-hydrogen) atoms. The first-order valence-electron chi connectivity index (χ1n) is 7.94. The quantitative estimate of drug-likeness (QED) is 0.579. The van der Waals surface area contributed by atoms with Crippen LogP contribution in [0.2, 0.25) is 10.0 Å². The maximum atomic E-state index is 9.27.